The van der Waals surface area contributed by atoms with Gasteiger partial charge in [-0.3, -0.25) is 39.7 Å². The van der Waals surface area contributed by atoms with Gasteiger partial charge in [0.2, 0.25) is 29.5 Å². The second kappa shape index (κ2) is 17.5. The van der Waals surface area contributed by atoms with Crippen molar-refractivity contribution in [3.05, 3.63) is 82.7 Å². The second-order valence-corrected chi connectivity index (χ2v) is 17.5. The summed E-state index contributed by atoms with van der Waals surface area (Å²) in [5.74, 6) is -2.78. The number of hydrogen-bond donors (Lipinski definition) is 2. The molecule has 9 rings (SSSR count). The summed E-state index contributed by atoms with van der Waals surface area (Å²) >= 11 is 0. The van der Waals surface area contributed by atoms with E-state index in [-0.39, 0.29) is 42.1 Å². The van der Waals surface area contributed by atoms with Crippen molar-refractivity contribution in [3.63, 3.8) is 0 Å². The smallest absolute Gasteiger partial charge is 0.258 e. The molecule has 17 heteroatoms. The normalized spacial score (nSPS) is 20.6. The molecule has 2 aromatic carbocycles. The van der Waals surface area contributed by atoms with Crippen LogP contribution in [0.1, 0.15) is 78.5 Å². The quantitative estimate of drug-likeness (QED) is 0.214. The third-order valence-corrected chi connectivity index (χ3v) is 12.9. The van der Waals surface area contributed by atoms with Crippen LogP contribution < -0.4 is 20.3 Å². The number of rotatable bonds is 5. The summed E-state index contributed by atoms with van der Waals surface area (Å²) in [6.45, 7) is 9.51. The highest BCUT2D eigenvalue weighted by molar-refractivity contribution is 6.05. The van der Waals surface area contributed by atoms with Crippen molar-refractivity contribution in [3.8, 4) is 17.1 Å². The Balaban J connectivity index is 0.830. The minimum absolute atomic E-state index is 0.0304. The Hall–Kier alpha value is -6.23. The van der Waals surface area contributed by atoms with E-state index in [1.54, 1.807) is 23.0 Å². The van der Waals surface area contributed by atoms with Crippen molar-refractivity contribution < 1.29 is 32.7 Å². The highest BCUT2D eigenvalue weighted by Gasteiger charge is 2.35. The number of nitrogens with one attached hydrogen (secondary N) is 2. The SMILES string of the molecule is Cc1cc2cc(n1)-c1cnn(C)c1OCCC[C@@H](C)Cn1c(nc3ccc(CN4CCN(C(=O)C5CCN(c6cc(F)c([C@H]7CCC(=O)NC7=O)c(F)c6)CC5)CC4)cc31)NC2=O. The van der Waals surface area contributed by atoms with Crippen molar-refractivity contribution >= 4 is 46.3 Å². The monoisotopic (exact) mass is 862 g/mol. The van der Waals surface area contributed by atoms with Gasteiger partial charge in [0.25, 0.3) is 5.91 Å². The van der Waals surface area contributed by atoms with Crippen LogP contribution in [0.15, 0.2) is 48.7 Å². The zero-order valence-corrected chi connectivity index (χ0v) is 35.8. The number of carbonyl (C=O) groups excluding carboxylic acids is 4. The van der Waals surface area contributed by atoms with Gasteiger partial charge in [0, 0.05) is 94.3 Å². The summed E-state index contributed by atoms with van der Waals surface area (Å²) in [5.41, 5.74) is 5.41. The number of piperazine rings is 1. The van der Waals surface area contributed by atoms with E-state index in [9.17, 15) is 19.2 Å². The fourth-order valence-electron chi connectivity index (χ4n) is 9.52. The number of benzene rings is 2. The van der Waals surface area contributed by atoms with Crippen LogP contribution in [0.3, 0.4) is 0 Å². The van der Waals surface area contributed by atoms with E-state index in [4.69, 9.17) is 14.7 Å². The van der Waals surface area contributed by atoms with Gasteiger partial charge in [-0.25, -0.2) is 18.4 Å². The van der Waals surface area contributed by atoms with Crippen molar-refractivity contribution in [1.82, 2.24) is 39.4 Å². The molecule has 4 amide bonds. The minimum atomic E-state index is -1.05. The number of aromatic nitrogens is 5. The lowest BCUT2D eigenvalue weighted by Crippen LogP contribution is -2.51. The topological polar surface area (TPSA) is 160 Å². The minimum Gasteiger partial charge on any atom is -0.477 e. The van der Waals surface area contributed by atoms with Crippen molar-refractivity contribution in [2.75, 3.05) is 56.1 Å². The highest BCUT2D eigenvalue weighted by atomic mass is 19.1. The summed E-state index contributed by atoms with van der Waals surface area (Å²) in [5, 5.41) is 9.68. The number of halogens is 2. The van der Waals surface area contributed by atoms with Crippen molar-refractivity contribution in [1.29, 1.82) is 0 Å². The van der Waals surface area contributed by atoms with E-state index >= 15 is 8.78 Å². The van der Waals surface area contributed by atoms with Crippen LogP contribution in [0.4, 0.5) is 20.4 Å². The highest BCUT2D eigenvalue weighted by Crippen LogP contribution is 2.35. The molecular weight excluding hydrogens is 811 g/mol. The van der Waals surface area contributed by atoms with E-state index in [0.717, 1.165) is 35.0 Å². The van der Waals surface area contributed by atoms with Crippen LogP contribution in [0.25, 0.3) is 22.3 Å². The maximum absolute atomic E-state index is 15.2. The molecule has 63 heavy (non-hydrogen) atoms. The molecule has 3 saturated heterocycles. The maximum Gasteiger partial charge on any atom is 0.258 e. The second-order valence-electron chi connectivity index (χ2n) is 17.5. The molecule has 7 heterocycles. The number of carbonyl (C=O) groups is 4. The summed E-state index contributed by atoms with van der Waals surface area (Å²) in [6.07, 6.45) is 4.67. The van der Waals surface area contributed by atoms with Gasteiger partial charge in [0.15, 0.2) is 0 Å². The molecule has 15 nitrogen and oxygen atoms in total. The lowest BCUT2D eigenvalue weighted by molar-refractivity contribution is -0.138. The lowest BCUT2D eigenvalue weighted by atomic mass is 9.89. The van der Waals surface area contributed by atoms with E-state index in [1.165, 1.54) is 12.1 Å². The van der Waals surface area contributed by atoms with Crippen LogP contribution in [-0.2, 0) is 34.5 Å². The number of hydrogen-bond acceptors (Lipinski definition) is 10. The van der Waals surface area contributed by atoms with Gasteiger partial charge in [-0.1, -0.05) is 13.0 Å². The van der Waals surface area contributed by atoms with Gasteiger partial charge >= 0.3 is 0 Å². The third kappa shape index (κ3) is 8.75. The lowest BCUT2D eigenvalue weighted by Gasteiger charge is -2.39. The number of pyridine rings is 1. The van der Waals surface area contributed by atoms with Crippen LogP contribution in [0.2, 0.25) is 0 Å². The predicted molar refractivity (Wildman–Crippen MR) is 231 cm³/mol. The van der Waals surface area contributed by atoms with Crippen LogP contribution in [0, 0.1) is 30.4 Å². The first-order valence-corrected chi connectivity index (χ1v) is 21.9. The molecule has 0 saturated carbocycles. The maximum atomic E-state index is 15.2. The van der Waals surface area contributed by atoms with Gasteiger partial charge in [-0.2, -0.15) is 5.10 Å². The Labute approximate surface area is 363 Å². The molecule has 330 valence electrons. The molecule has 5 aromatic rings. The van der Waals surface area contributed by atoms with E-state index < -0.39 is 29.4 Å². The van der Waals surface area contributed by atoms with Crippen LogP contribution in [-0.4, -0.2) is 104 Å². The fraction of sp³-hybridized carbons (Fsp3) is 0.457. The molecule has 2 bridgehead atoms. The average Bonchev–Trinajstić information content (AvgIpc) is 3.80. The van der Waals surface area contributed by atoms with Gasteiger partial charge in [0.1, 0.15) is 11.6 Å². The average molecular weight is 863 g/mol. The van der Waals surface area contributed by atoms with E-state index in [1.807, 2.05) is 29.8 Å². The van der Waals surface area contributed by atoms with Gasteiger partial charge < -0.3 is 19.1 Å². The number of anilines is 2. The number of piperidine rings is 2. The van der Waals surface area contributed by atoms with Crippen molar-refractivity contribution in [2.45, 2.75) is 71.4 Å². The number of amides is 4. The number of imide groups is 1. The molecule has 0 aliphatic carbocycles. The van der Waals surface area contributed by atoms with E-state index in [2.05, 4.69) is 44.3 Å². The molecule has 2 N–H and O–H groups in total. The predicted octanol–water partition coefficient (Wildman–Crippen LogP) is 5.56. The zero-order chi connectivity index (χ0) is 43.9. The molecule has 3 aromatic heterocycles. The number of ether oxygens (including phenoxy) is 1. The number of imidazole rings is 1. The van der Waals surface area contributed by atoms with Crippen LogP contribution >= 0.6 is 0 Å². The fourth-order valence-corrected chi connectivity index (χ4v) is 9.52. The Morgan fingerprint density at radius 1 is 0.905 bits per heavy atom. The molecule has 0 radical (unpaired) electrons. The Kier molecular flexibility index (Phi) is 11.7. The van der Waals surface area contributed by atoms with E-state index in [0.29, 0.717) is 106 Å². The number of aryl methyl sites for hydroxylation is 2. The molecule has 2 atom stereocenters. The van der Waals surface area contributed by atoms with Gasteiger partial charge in [-0.15, -0.1) is 0 Å². The molecular formula is C46H52F2N10O5. The number of nitrogens with zero attached hydrogens (tertiary/aromatic N) is 8. The zero-order valence-electron chi connectivity index (χ0n) is 35.8. The Bertz CT molecular complexity index is 2570. The molecule has 4 aliphatic heterocycles. The summed E-state index contributed by atoms with van der Waals surface area (Å²) in [7, 11) is 1.83. The summed E-state index contributed by atoms with van der Waals surface area (Å²) in [4.78, 5) is 67.2. The molecule has 0 unspecified atom stereocenters. The van der Waals surface area contributed by atoms with Crippen molar-refractivity contribution in [2.24, 2.45) is 18.9 Å². The summed E-state index contributed by atoms with van der Waals surface area (Å²) in [6, 6.07) is 12.3. The Morgan fingerprint density at radius 3 is 2.41 bits per heavy atom. The molecule has 3 fully saturated rings. The van der Waals surface area contributed by atoms with Crippen LogP contribution in [0.5, 0.6) is 5.88 Å². The number of fused-ring (bicyclic) bond motifs is 7. The first kappa shape index (κ1) is 42.1. The largest absolute Gasteiger partial charge is 0.477 e. The summed E-state index contributed by atoms with van der Waals surface area (Å²) < 4.78 is 40.5. The first-order chi connectivity index (χ1) is 30.4. The van der Waals surface area contributed by atoms with Gasteiger partial charge in [-0.05, 0) is 86.9 Å². The molecule has 4 aliphatic rings. The Morgan fingerprint density at radius 2 is 1.67 bits per heavy atom. The van der Waals surface area contributed by atoms with Gasteiger partial charge in [0.05, 0.1) is 41.0 Å². The first-order valence-electron chi connectivity index (χ1n) is 21.9. The molecule has 0 spiro atoms. The standard InChI is InChI=1S/C46H52F2N10O5/c1-27-5-4-18-63-45-34(24-49-54(45)3)38-21-31(19-28(2)50-38)42(60)53-46-51-37-8-6-29(20-39(37)58(46)25-27)26-55-14-16-57(17-15-55)44(62)30-10-12-56(13-11-30)32-22-35(47)41(36(48)23-32)33-7-9-40(59)52-43(33)61/h6,8,19-24,27,30,33H,4-5,7,9-18,25-26H2,1-3H3,(H,51,53,60)(H,52,59,61)/t27-,33-/m1/s1. The third-order valence-electron chi connectivity index (χ3n) is 12.9.